The number of oxime groups is 1. The van der Waals surface area contributed by atoms with Gasteiger partial charge in [-0.25, -0.2) is 0 Å². The first-order valence-corrected chi connectivity index (χ1v) is 9.73. The molecule has 1 saturated carbocycles. The zero-order valence-corrected chi connectivity index (χ0v) is 15.8. The molecule has 0 N–H and O–H groups in total. The van der Waals surface area contributed by atoms with Crippen LogP contribution in [0.25, 0.3) is 0 Å². The lowest BCUT2D eigenvalue weighted by atomic mass is 9.84. The van der Waals surface area contributed by atoms with Crippen LogP contribution in [0.4, 0.5) is 0 Å². The van der Waals surface area contributed by atoms with E-state index in [0.717, 1.165) is 36.1 Å². The highest BCUT2D eigenvalue weighted by Gasteiger charge is 2.33. The predicted molar refractivity (Wildman–Crippen MR) is 104 cm³/mol. The molecule has 0 unspecified atom stereocenters. The van der Waals surface area contributed by atoms with E-state index in [2.05, 4.69) is 10.1 Å². The van der Waals surface area contributed by atoms with Gasteiger partial charge in [0.25, 0.3) is 0 Å². The van der Waals surface area contributed by atoms with Crippen LogP contribution in [0.5, 0.6) is 0 Å². The monoisotopic (exact) mass is 383 g/mol. The number of carbonyl (C=O) groups is 1. The molecule has 1 aliphatic heterocycles. The Morgan fingerprint density at radius 3 is 2.85 bits per heavy atom. The van der Waals surface area contributed by atoms with E-state index in [-0.39, 0.29) is 17.9 Å². The lowest BCUT2D eigenvalue weighted by Crippen LogP contribution is -2.42. The van der Waals surface area contributed by atoms with Crippen LogP contribution < -0.4 is 0 Å². The Hall–Kier alpha value is -2.40. The van der Waals surface area contributed by atoms with E-state index in [1.807, 2.05) is 41.3 Å². The number of benzene rings is 1. The zero-order chi connectivity index (χ0) is 18.6. The number of hydrogen-bond acceptors (Lipinski definition) is 4. The van der Waals surface area contributed by atoms with Crippen LogP contribution in [-0.2, 0) is 16.2 Å². The fourth-order valence-electron chi connectivity index (χ4n) is 3.48. The molecule has 2 heterocycles. The molecule has 4 rings (SSSR count). The fraction of sp³-hybridized carbons (Fsp3) is 0.381. The summed E-state index contributed by atoms with van der Waals surface area (Å²) in [4.78, 5) is 24.6. The summed E-state index contributed by atoms with van der Waals surface area (Å²) in [6.07, 6.45) is 7.16. The predicted octanol–water partition coefficient (Wildman–Crippen LogP) is 4.06. The van der Waals surface area contributed by atoms with Gasteiger partial charge in [-0.2, -0.15) is 0 Å². The van der Waals surface area contributed by atoms with Gasteiger partial charge in [-0.15, -0.1) is 0 Å². The number of rotatable bonds is 6. The van der Waals surface area contributed by atoms with Crippen molar-refractivity contribution in [2.75, 3.05) is 6.54 Å². The molecular formula is C21H22ClN3O2. The molecule has 5 nitrogen and oxygen atoms in total. The van der Waals surface area contributed by atoms with Gasteiger partial charge in [-0.05, 0) is 42.7 Å². The summed E-state index contributed by atoms with van der Waals surface area (Å²) in [5.74, 6) is 0.351. The summed E-state index contributed by atoms with van der Waals surface area (Å²) < 4.78 is 0. The van der Waals surface area contributed by atoms with Gasteiger partial charge >= 0.3 is 0 Å². The standard InChI is InChI=1S/C21H22ClN3O2/c22-18-8-1-4-15(10-18)13-25(21(26)16-5-2-6-16)14-19-11-20(24-27-19)17-7-3-9-23-12-17/h1,3-4,7-10,12,16,19H,2,5-6,11,13-14H2/t19-/m0/s1. The molecule has 1 amide bonds. The van der Waals surface area contributed by atoms with Crippen LogP contribution in [0.15, 0.2) is 53.9 Å². The van der Waals surface area contributed by atoms with E-state index in [1.165, 1.54) is 0 Å². The van der Waals surface area contributed by atoms with Crippen molar-refractivity contribution in [3.63, 3.8) is 0 Å². The first-order chi connectivity index (χ1) is 13.2. The topological polar surface area (TPSA) is 54.8 Å². The van der Waals surface area contributed by atoms with Crippen LogP contribution in [0.2, 0.25) is 5.02 Å². The normalized spacial score (nSPS) is 19.1. The van der Waals surface area contributed by atoms with Crippen molar-refractivity contribution in [2.45, 2.75) is 38.3 Å². The van der Waals surface area contributed by atoms with Crippen molar-refractivity contribution in [3.05, 3.63) is 64.9 Å². The molecule has 0 spiro atoms. The van der Waals surface area contributed by atoms with Gasteiger partial charge in [0.15, 0.2) is 6.10 Å². The molecule has 140 valence electrons. The number of carbonyl (C=O) groups excluding carboxylic acids is 1. The summed E-state index contributed by atoms with van der Waals surface area (Å²) in [5.41, 5.74) is 2.88. The minimum absolute atomic E-state index is 0.136. The van der Waals surface area contributed by atoms with E-state index < -0.39 is 0 Å². The Bertz CT molecular complexity index is 836. The van der Waals surface area contributed by atoms with E-state index in [1.54, 1.807) is 12.4 Å². The van der Waals surface area contributed by atoms with E-state index in [4.69, 9.17) is 16.4 Å². The third-order valence-electron chi connectivity index (χ3n) is 5.18. The van der Waals surface area contributed by atoms with Gasteiger partial charge < -0.3 is 9.74 Å². The van der Waals surface area contributed by atoms with E-state index in [0.29, 0.717) is 24.5 Å². The molecule has 1 atom stereocenters. The van der Waals surface area contributed by atoms with Crippen LogP contribution in [0.3, 0.4) is 0 Å². The number of aromatic nitrogens is 1. The molecule has 6 heteroatoms. The Morgan fingerprint density at radius 2 is 2.15 bits per heavy atom. The molecule has 27 heavy (non-hydrogen) atoms. The molecule has 2 aromatic rings. The van der Waals surface area contributed by atoms with Gasteiger partial charge in [0.05, 0.1) is 12.3 Å². The Morgan fingerprint density at radius 1 is 1.26 bits per heavy atom. The van der Waals surface area contributed by atoms with Crippen LogP contribution in [0.1, 0.15) is 36.8 Å². The summed E-state index contributed by atoms with van der Waals surface area (Å²) in [6.45, 7) is 1.06. The number of nitrogens with zero attached hydrogens (tertiary/aromatic N) is 3. The van der Waals surface area contributed by atoms with Crippen molar-refractivity contribution in [1.82, 2.24) is 9.88 Å². The summed E-state index contributed by atoms with van der Waals surface area (Å²) in [6, 6.07) is 11.5. The third kappa shape index (κ3) is 4.30. The van der Waals surface area contributed by atoms with Gasteiger partial charge in [-0.1, -0.05) is 35.3 Å². The quantitative estimate of drug-likeness (QED) is 0.755. The lowest BCUT2D eigenvalue weighted by molar-refractivity contribution is -0.140. The molecule has 1 aromatic heterocycles. The number of hydrogen-bond donors (Lipinski definition) is 0. The maximum atomic E-state index is 12.9. The second kappa shape index (κ2) is 8.09. The highest BCUT2D eigenvalue weighted by atomic mass is 35.5. The first kappa shape index (κ1) is 18.0. The lowest BCUT2D eigenvalue weighted by Gasteiger charge is -2.32. The fourth-order valence-corrected chi connectivity index (χ4v) is 3.69. The Labute approximate surface area is 164 Å². The van der Waals surface area contributed by atoms with Crippen molar-refractivity contribution >= 4 is 23.2 Å². The number of pyridine rings is 1. The summed E-state index contributed by atoms with van der Waals surface area (Å²) in [7, 11) is 0. The Balaban J connectivity index is 1.44. The second-order valence-corrected chi connectivity index (χ2v) is 7.62. The summed E-state index contributed by atoms with van der Waals surface area (Å²) >= 11 is 6.11. The molecule has 0 radical (unpaired) electrons. The van der Waals surface area contributed by atoms with Crippen LogP contribution >= 0.6 is 11.6 Å². The molecule has 1 aromatic carbocycles. The molecule has 0 bridgehead atoms. The van der Waals surface area contributed by atoms with E-state index in [9.17, 15) is 4.79 Å². The molecule has 1 fully saturated rings. The minimum atomic E-state index is -0.136. The van der Waals surface area contributed by atoms with Crippen LogP contribution in [-0.4, -0.2) is 34.2 Å². The number of amides is 1. The van der Waals surface area contributed by atoms with Gasteiger partial charge in [-0.3, -0.25) is 9.78 Å². The van der Waals surface area contributed by atoms with Crippen molar-refractivity contribution in [1.29, 1.82) is 0 Å². The third-order valence-corrected chi connectivity index (χ3v) is 5.42. The highest BCUT2D eigenvalue weighted by Crippen LogP contribution is 2.30. The van der Waals surface area contributed by atoms with Gasteiger partial charge in [0, 0.05) is 41.9 Å². The largest absolute Gasteiger partial charge is 0.390 e. The zero-order valence-electron chi connectivity index (χ0n) is 15.1. The molecule has 2 aliphatic rings. The summed E-state index contributed by atoms with van der Waals surface area (Å²) in [5, 5.41) is 4.90. The second-order valence-electron chi connectivity index (χ2n) is 7.19. The van der Waals surface area contributed by atoms with Crippen molar-refractivity contribution in [3.8, 4) is 0 Å². The van der Waals surface area contributed by atoms with Gasteiger partial charge in [0.2, 0.25) is 5.91 Å². The number of halogens is 1. The average molecular weight is 384 g/mol. The van der Waals surface area contributed by atoms with E-state index >= 15 is 0 Å². The smallest absolute Gasteiger partial charge is 0.226 e. The molecule has 0 saturated heterocycles. The van der Waals surface area contributed by atoms with Gasteiger partial charge in [0.1, 0.15) is 0 Å². The highest BCUT2D eigenvalue weighted by molar-refractivity contribution is 6.30. The Kier molecular flexibility index (Phi) is 5.39. The maximum Gasteiger partial charge on any atom is 0.226 e. The first-order valence-electron chi connectivity index (χ1n) is 9.35. The van der Waals surface area contributed by atoms with Crippen LogP contribution in [0, 0.1) is 5.92 Å². The SMILES string of the molecule is O=C(C1CCC1)N(Cc1cccc(Cl)c1)C[C@@H]1CC(c2cccnc2)=NO1. The average Bonchev–Trinajstić information content (AvgIpc) is 3.09. The molecular weight excluding hydrogens is 362 g/mol. The minimum Gasteiger partial charge on any atom is -0.390 e. The molecule has 1 aliphatic carbocycles. The maximum absolute atomic E-state index is 12.9. The van der Waals surface area contributed by atoms with Crippen molar-refractivity contribution in [2.24, 2.45) is 11.1 Å². The van der Waals surface area contributed by atoms with Crippen molar-refractivity contribution < 1.29 is 9.63 Å².